The van der Waals surface area contributed by atoms with Crippen LogP contribution in [-0.4, -0.2) is 29.2 Å². The number of primary amides is 1. The fourth-order valence-electron chi connectivity index (χ4n) is 2.66. The lowest BCUT2D eigenvalue weighted by atomic mass is 9.92. The molecule has 0 saturated carbocycles. The van der Waals surface area contributed by atoms with Gasteiger partial charge in [-0.25, -0.2) is 0 Å². The van der Waals surface area contributed by atoms with Gasteiger partial charge in [0.2, 0.25) is 0 Å². The predicted octanol–water partition coefficient (Wildman–Crippen LogP) is 1.93. The van der Waals surface area contributed by atoms with Gasteiger partial charge in [-0.15, -0.1) is 0 Å². The Hall–Kier alpha value is -2.14. The van der Waals surface area contributed by atoms with Crippen LogP contribution in [0.1, 0.15) is 34.7 Å². The molecule has 2 aromatic rings. The third-order valence-electron chi connectivity index (χ3n) is 3.81. The minimum atomic E-state index is -0.653. The van der Waals surface area contributed by atoms with Gasteiger partial charge in [0.1, 0.15) is 5.52 Å². The molecule has 3 rings (SSSR count). The van der Waals surface area contributed by atoms with Crippen molar-refractivity contribution in [1.29, 1.82) is 0 Å². The topological polar surface area (TPSA) is 85.4 Å². The number of carbonyl (C=O) groups is 1. The molecular weight excluding hydrogens is 256 g/mol. The van der Waals surface area contributed by atoms with Gasteiger partial charge < -0.3 is 15.6 Å². The number of benzene rings is 1. The number of rotatable bonds is 2. The molecule has 0 bridgehead atoms. The largest absolute Gasteiger partial charge is 0.505 e. The van der Waals surface area contributed by atoms with Crippen molar-refractivity contribution in [3.05, 3.63) is 35.5 Å². The molecule has 1 aromatic carbocycles. The normalized spacial score (nSPS) is 16.4. The second kappa shape index (κ2) is 5.09. The van der Waals surface area contributed by atoms with Crippen LogP contribution >= 0.6 is 0 Å². The molecule has 1 saturated heterocycles. The third kappa shape index (κ3) is 2.20. The van der Waals surface area contributed by atoms with Gasteiger partial charge >= 0.3 is 0 Å². The van der Waals surface area contributed by atoms with Crippen molar-refractivity contribution in [3.8, 4) is 5.75 Å². The van der Waals surface area contributed by atoms with Gasteiger partial charge in [-0.1, -0.05) is 6.07 Å². The highest BCUT2D eigenvalue weighted by Gasteiger charge is 2.18. The van der Waals surface area contributed by atoms with E-state index in [0.29, 0.717) is 11.4 Å². The second-order valence-electron chi connectivity index (χ2n) is 5.05. The van der Waals surface area contributed by atoms with Crippen molar-refractivity contribution in [2.45, 2.75) is 18.8 Å². The van der Waals surface area contributed by atoms with E-state index in [9.17, 15) is 9.90 Å². The minimum absolute atomic E-state index is 0.101. The number of hydrogen-bond donors (Lipinski definition) is 2. The second-order valence-corrected chi connectivity index (χ2v) is 5.05. The smallest absolute Gasteiger partial charge is 0.252 e. The Morgan fingerprint density at radius 1 is 1.35 bits per heavy atom. The molecule has 0 atom stereocenters. The zero-order chi connectivity index (χ0) is 14.1. The molecule has 0 spiro atoms. The molecule has 104 valence electrons. The molecule has 0 radical (unpaired) electrons. The first-order valence-corrected chi connectivity index (χ1v) is 6.66. The highest BCUT2D eigenvalue weighted by atomic mass is 16.5. The Bertz CT molecular complexity index is 663. The first kappa shape index (κ1) is 12.9. The third-order valence-corrected chi connectivity index (χ3v) is 3.81. The standard InChI is InChI=1S/C15H16N2O3/c16-15(19)12-2-1-10-7-11(8-17-13(10)14(12)18)9-3-5-20-6-4-9/h1-2,7-9,18H,3-6H2,(H2,16,19). The van der Waals surface area contributed by atoms with E-state index in [-0.39, 0.29) is 11.3 Å². The number of ether oxygens (including phenoxy) is 1. The van der Waals surface area contributed by atoms with Gasteiger partial charge in [0, 0.05) is 24.8 Å². The SMILES string of the molecule is NC(=O)c1ccc2cc(C3CCOCC3)cnc2c1O. The summed E-state index contributed by atoms with van der Waals surface area (Å²) in [6.07, 6.45) is 3.74. The van der Waals surface area contributed by atoms with Crippen LogP contribution in [0.25, 0.3) is 10.9 Å². The molecule has 5 heteroatoms. The predicted molar refractivity (Wildman–Crippen MR) is 74.7 cm³/mol. The molecule has 0 aliphatic carbocycles. The quantitative estimate of drug-likeness (QED) is 0.874. The van der Waals surface area contributed by atoms with E-state index in [1.54, 1.807) is 12.3 Å². The lowest BCUT2D eigenvalue weighted by Crippen LogP contribution is -2.14. The number of pyridine rings is 1. The Morgan fingerprint density at radius 3 is 2.80 bits per heavy atom. The Balaban J connectivity index is 2.04. The van der Waals surface area contributed by atoms with Crippen LogP contribution in [0.3, 0.4) is 0 Å². The minimum Gasteiger partial charge on any atom is -0.505 e. The number of nitrogens with two attached hydrogens (primary N) is 1. The fourth-order valence-corrected chi connectivity index (χ4v) is 2.66. The number of aromatic nitrogens is 1. The summed E-state index contributed by atoms with van der Waals surface area (Å²) in [6, 6.07) is 5.32. The van der Waals surface area contributed by atoms with Crippen molar-refractivity contribution in [3.63, 3.8) is 0 Å². The van der Waals surface area contributed by atoms with Gasteiger partial charge in [-0.2, -0.15) is 0 Å². The highest BCUT2D eigenvalue weighted by Crippen LogP contribution is 2.32. The van der Waals surface area contributed by atoms with E-state index in [4.69, 9.17) is 10.5 Å². The van der Waals surface area contributed by atoms with E-state index < -0.39 is 5.91 Å². The number of hydrogen-bond acceptors (Lipinski definition) is 4. The monoisotopic (exact) mass is 272 g/mol. The van der Waals surface area contributed by atoms with Crippen molar-refractivity contribution >= 4 is 16.8 Å². The van der Waals surface area contributed by atoms with Gasteiger partial charge in [-0.3, -0.25) is 9.78 Å². The summed E-state index contributed by atoms with van der Waals surface area (Å²) in [4.78, 5) is 15.5. The summed E-state index contributed by atoms with van der Waals surface area (Å²) in [5, 5.41) is 10.9. The molecule has 20 heavy (non-hydrogen) atoms. The van der Waals surface area contributed by atoms with Crippen LogP contribution in [0.4, 0.5) is 0 Å². The van der Waals surface area contributed by atoms with Crippen molar-refractivity contribution in [2.24, 2.45) is 5.73 Å². The maximum Gasteiger partial charge on any atom is 0.252 e. The molecule has 1 aliphatic rings. The van der Waals surface area contributed by atoms with Gasteiger partial charge in [0.05, 0.1) is 5.56 Å². The number of amides is 1. The Morgan fingerprint density at radius 2 is 2.10 bits per heavy atom. The molecular formula is C15H16N2O3. The van der Waals surface area contributed by atoms with E-state index in [0.717, 1.165) is 37.0 Å². The number of fused-ring (bicyclic) bond motifs is 1. The van der Waals surface area contributed by atoms with Crippen molar-refractivity contribution in [2.75, 3.05) is 13.2 Å². The average molecular weight is 272 g/mol. The number of phenols is 1. The molecule has 5 nitrogen and oxygen atoms in total. The van der Waals surface area contributed by atoms with Crippen molar-refractivity contribution in [1.82, 2.24) is 4.98 Å². The average Bonchev–Trinajstić information content (AvgIpc) is 2.48. The van der Waals surface area contributed by atoms with Crippen molar-refractivity contribution < 1.29 is 14.6 Å². The number of nitrogens with zero attached hydrogens (tertiary/aromatic N) is 1. The molecule has 0 unspecified atom stereocenters. The Kier molecular flexibility index (Phi) is 3.28. The van der Waals surface area contributed by atoms with Crippen LogP contribution in [0, 0.1) is 0 Å². The maximum atomic E-state index is 11.2. The summed E-state index contributed by atoms with van der Waals surface area (Å²) in [5.41, 5.74) is 6.87. The van der Waals surface area contributed by atoms with E-state index >= 15 is 0 Å². The Labute approximate surface area is 116 Å². The molecule has 1 aromatic heterocycles. The van der Waals surface area contributed by atoms with Gasteiger partial charge in [0.25, 0.3) is 5.91 Å². The van der Waals surface area contributed by atoms with Gasteiger partial charge in [-0.05, 0) is 36.5 Å². The van der Waals surface area contributed by atoms with Crippen LogP contribution < -0.4 is 5.73 Å². The van der Waals surface area contributed by atoms with Crippen LogP contribution in [0.5, 0.6) is 5.75 Å². The first-order chi connectivity index (χ1) is 9.66. The molecule has 3 N–H and O–H groups in total. The summed E-state index contributed by atoms with van der Waals surface area (Å²) in [6.45, 7) is 1.54. The van der Waals surface area contributed by atoms with Crippen LogP contribution in [0.15, 0.2) is 24.4 Å². The van der Waals surface area contributed by atoms with E-state index in [1.165, 1.54) is 6.07 Å². The molecule has 1 fully saturated rings. The number of aromatic hydroxyl groups is 1. The fraction of sp³-hybridized carbons (Fsp3) is 0.333. The first-order valence-electron chi connectivity index (χ1n) is 6.66. The molecule has 1 aliphatic heterocycles. The molecule has 1 amide bonds. The lowest BCUT2D eigenvalue weighted by Gasteiger charge is -2.22. The summed E-state index contributed by atoms with van der Waals surface area (Å²) >= 11 is 0. The number of carbonyl (C=O) groups excluding carboxylic acids is 1. The zero-order valence-electron chi connectivity index (χ0n) is 11.0. The zero-order valence-corrected chi connectivity index (χ0v) is 11.0. The van der Waals surface area contributed by atoms with Crippen LogP contribution in [-0.2, 0) is 4.74 Å². The van der Waals surface area contributed by atoms with E-state index in [1.807, 2.05) is 6.07 Å². The molecule has 2 heterocycles. The highest BCUT2D eigenvalue weighted by molar-refractivity contribution is 6.01. The van der Waals surface area contributed by atoms with Gasteiger partial charge in [0.15, 0.2) is 5.75 Å². The summed E-state index contributed by atoms with van der Waals surface area (Å²) < 4.78 is 5.36. The summed E-state index contributed by atoms with van der Waals surface area (Å²) in [7, 11) is 0. The lowest BCUT2D eigenvalue weighted by molar-refractivity contribution is 0.0853. The summed E-state index contributed by atoms with van der Waals surface area (Å²) in [5.74, 6) is -0.355. The van der Waals surface area contributed by atoms with E-state index in [2.05, 4.69) is 4.98 Å². The maximum absolute atomic E-state index is 11.2. The van der Waals surface area contributed by atoms with Crippen LogP contribution in [0.2, 0.25) is 0 Å².